The molecule has 0 radical (unpaired) electrons. The number of nitrogens with zero attached hydrogens (tertiary/aromatic N) is 4. The summed E-state index contributed by atoms with van der Waals surface area (Å²) >= 11 is 0. The molecular weight excluding hydrogens is 222 g/mol. The van der Waals surface area contributed by atoms with Crippen LogP contribution in [-0.4, -0.2) is 36.9 Å². The Labute approximate surface area is 97.5 Å². The summed E-state index contributed by atoms with van der Waals surface area (Å²) in [7, 11) is 1.78. The number of aromatic nitrogens is 4. The lowest BCUT2D eigenvalue weighted by atomic mass is 10.2. The molecule has 0 aromatic carbocycles. The summed E-state index contributed by atoms with van der Waals surface area (Å²) in [6.07, 6.45) is 3.61. The van der Waals surface area contributed by atoms with E-state index in [4.69, 9.17) is 5.11 Å². The van der Waals surface area contributed by atoms with Gasteiger partial charge in [0, 0.05) is 7.05 Å². The Morgan fingerprint density at radius 1 is 1.59 bits per heavy atom. The van der Waals surface area contributed by atoms with E-state index < -0.39 is 12.0 Å². The summed E-state index contributed by atoms with van der Waals surface area (Å²) in [5.41, 5.74) is 1.26. The summed E-state index contributed by atoms with van der Waals surface area (Å²) < 4.78 is 1.62. The van der Waals surface area contributed by atoms with Crippen molar-refractivity contribution in [2.75, 3.05) is 5.32 Å². The molecule has 2 N–H and O–H groups in total. The number of rotatable bonds is 4. The molecule has 0 spiro atoms. The molecule has 2 rings (SSSR count). The Bertz CT molecular complexity index is 551. The third-order valence-corrected chi connectivity index (χ3v) is 2.43. The van der Waals surface area contributed by atoms with Gasteiger partial charge in [-0.2, -0.15) is 5.10 Å². The molecule has 17 heavy (non-hydrogen) atoms. The Hall–Kier alpha value is -2.18. The minimum atomic E-state index is -0.907. The summed E-state index contributed by atoms with van der Waals surface area (Å²) in [4.78, 5) is 19.0. The van der Waals surface area contributed by atoms with Crippen LogP contribution >= 0.6 is 0 Å². The number of aliphatic carboxylic acids is 1. The molecule has 0 bridgehead atoms. The van der Waals surface area contributed by atoms with Gasteiger partial charge in [-0.05, 0) is 6.42 Å². The van der Waals surface area contributed by atoms with Gasteiger partial charge in [-0.3, -0.25) is 4.68 Å². The van der Waals surface area contributed by atoms with Crippen molar-refractivity contribution < 1.29 is 9.90 Å². The number of carboxylic acid groups (broad SMARTS) is 1. The second-order valence-electron chi connectivity index (χ2n) is 3.70. The van der Waals surface area contributed by atoms with Crippen molar-refractivity contribution in [1.29, 1.82) is 0 Å². The molecule has 1 atom stereocenters. The number of carbonyl (C=O) groups is 1. The maximum Gasteiger partial charge on any atom is 0.326 e. The Morgan fingerprint density at radius 2 is 2.35 bits per heavy atom. The molecule has 0 amide bonds. The molecule has 0 saturated heterocycles. The van der Waals surface area contributed by atoms with Crippen molar-refractivity contribution in [3.8, 4) is 0 Å². The number of hydrogen-bond acceptors (Lipinski definition) is 5. The second kappa shape index (κ2) is 4.36. The summed E-state index contributed by atoms with van der Waals surface area (Å²) in [5, 5.41) is 16.0. The van der Waals surface area contributed by atoms with Crippen molar-refractivity contribution in [1.82, 2.24) is 19.7 Å². The number of carboxylic acids is 1. The van der Waals surface area contributed by atoms with E-state index >= 15 is 0 Å². The molecule has 0 aliphatic carbocycles. The zero-order valence-electron chi connectivity index (χ0n) is 9.58. The molecule has 0 aliphatic rings. The van der Waals surface area contributed by atoms with E-state index in [1.165, 1.54) is 6.33 Å². The standard InChI is InChI=1S/C10H13N5O2/c1-3-6(10(16)17)13-9-8-7(11-5-12-9)4-15(2)14-8/h4-6H,3H2,1-2H3,(H,16,17)(H,11,12,13). The lowest BCUT2D eigenvalue weighted by molar-refractivity contribution is -0.137. The molecule has 90 valence electrons. The van der Waals surface area contributed by atoms with Gasteiger partial charge in [-0.1, -0.05) is 6.92 Å². The van der Waals surface area contributed by atoms with E-state index in [2.05, 4.69) is 20.4 Å². The average Bonchev–Trinajstić information content (AvgIpc) is 2.66. The Balaban J connectivity index is 2.38. The van der Waals surface area contributed by atoms with E-state index in [0.717, 1.165) is 0 Å². The van der Waals surface area contributed by atoms with E-state index in [1.54, 1.807) is 24.9 Å². The normalized spacial score (nSPS) is 12.6. The second-order valence-corrected chi connectivity index (χ2v) is 3.70. The van der Waals surface area contributed by atoms with Crippen LogP contribution in [0.4, 0.5) is 5.82 Å². The highest BCUT2D eigenvalue weighted by atomic mass is 16.4. The highest BCUT2D eigenvalue weighted by Crippen LogP contribution is 2.17. The van der Waals surface area contributed by atoms with E-state index in [9.17, 15) is 4.79 Å². The van der Waals surface area contributed by atoms with E-state index in [0.29, 0.717) is 23.3 Å². The SMILES string of the molecule is CCC(Nc1ncnc2cn(C)nc12)C(=O)O. The summed E-state index contributed by atoms with van der Waals surface area (Å²) in [6, 6.07) is -0.671. The van der Waals surface area contributed by atoms with Crippen molar-refractivity contribution in [2.45, 2.75) is 19.4 Å². The third kappa shape index (κ3) is 2.17. The van der Waals surface area contributed by atoms with Gasteiger partial charge in [0.05, 0.1) is 6.20 Å². The average molecular weight is 235 g/mol. The molecule has 2 aromatic rings. The minimum absolute atomic E-state index is 0.449. The highest BCUT2D eigenvalue weighted by molar-refractivity contribution is 5.87. The molecule has 0 aliphatic heterocycles. The molecule has 7 heteroatoms. The van der Waals surface area contributed by atoms with Crippen LogP contribution in [0, 0.1) is 0 Å². The van der Waals surface area contributed by atoms with Crippen LogP contribution in [0.1, 0.15) is 13.3 Å². The molecule has 7 nitrogen and oxygen atoms in total. The fourth-order valence-corrected chi connectivity index (χ4v) is 1.56. The first-order chi connectivity index (χ1) is 8.11. The number of fused-ring (bicyclic) bond motifs is 1. The Kier molecular flexibility index (Phi) is 2.90. The molecule has 2 heterocycles. The molecule has 2 aromatic heterocycles. The van der Waals surface area contributed by atoms with Crippen molar-refractivity contribution >= 4 is 22.8 Å². The number of hydrogen-bond donors (Lipinski definition) is 2. The van der Waals surface area contributed by atoms with Crippen LogP contribution in [0.25, 0.3) is 11.0 Å². The minimum Gasteiger partial charge on any atom is -0.480 e. The fraction of sp³-hybridized carbons (Fsp3) is 0.400. The van der Waals surface area contributed by atoms with Crippen molar-refractivity contribution in [3.05, 3.63) is 12.5 Å². The van der Waals surface area contributed by atoms with Crippen LogP contribution in [0.15, 0.2) is 12.5 Å². The van der Waals surface area contributed by atoms with Crippen LogP contribution < -0.4 is 5.32 Å². The number of aryl methyl sites for hydroxylation is 1. The smallest absolute Gasteiger partial charge is 0.326 e. The zero-order chi connectivity index (χ0) is 12.4. The maximum atomic E-state index is 10.9. The monoisotopic (exact) mass is 235 g/mol. The van der Waals surface area contributed by atoms with E-state index in [1.807, 2.05) is 0 Å². The predicted molar refractivity (Wildman–Crippen MR) is 61.6 cm³/mol. The van der Waals surface area contributed by atoms with Crippen molar-refractivity contribution in [2.24, 2.45) is 7.05 Å². The van der Waals surface area contributed by atoms with Gasteiger partial charge in [0.1, 0.15) is 17.9 Å². The number of anilines is 1. The largest absolute Gasteiger partial charge is 0.480 e. The first kappa shape index (κ1) is 11.3. The van der Waals surface area contributed by atoms with Crippen LogP contribution in [0.5, 0.6) is 0 Å². The van der Waals surface area contributed by atoms with Gasteiger partial charge in [0.2, 0.25) is 0 Å². The quantitative estimate of drug-likeness (QED) is 0.807. The molecule has 0 fully saturated rings. The summed E-state index contributed by atoms with van der Waals surface area (Å²) in [6.45, 7) is 1.79. The van der Waals surface area contributed by atoms with Gasteiger partial charge in [0.15, 0.2) is 11.3 Å². The van der Waals surface area contributed by atoms with Gasteiger partial charge in [-0.25, -0.2) is 14.8 Å². The Morgan fingerprint density at radius 3 is 3.00 bits per heavy atom. The zero-order valence-corrected chi connectivity index (χ0v) is 9.58. The van der Waals surface area contributed by atoms with Crippen LogP contribution in [0.3, 0.4) is 0 Å². The highest BCUT2D eigenvalue weighted by Gasteiger charge is 2.17. The predicted octanol–water partition coefficient (Wildman–Crippen LogP) is 0.638. The van der Waals surface area contributed by atoms with Crippen molar-refractivity contribution in [3.63, 3.8) is 0 Å². The third-order valence-electron chi connectivity index (χ3n) is 2.43. The van der Waals surface area contributed by atoms with Gasteiger partial charge in [0.25, 0.3) is 0 Å². The fourth-order valence-electron chi connectivity index (χ4n) is 1.56. The van der Waals surface area contributed by atoms with Gasteiger partial charge >= 0.3 is 5.97 Å². The topological polar surface area (TPSA) is 92.9 Å². The van der Waals surface area contributed by atoms with Gasteiger partial charge in [-0.15, -0.1) is 0 Å². The summed E-state index contributed by atoms with van der Waals surface area (Å²) in [5.74, 6) is -0.458. The lowest BCUT2D eigenvalue weighted by Gasteiger charge is -2.12. The van der Waals surface area contributed by atoms with Gasteiger partial charge < -0.3 is 10.4 Å². The first-order valence-corrected chi connectivity index (χ1v) is 5.25. The van der Waals surface area contributed by atoms with Crippen LogP contribution in [-0.2, 0) is 11.8 Å². The molecular formula is C10H13N5O2. The number of nitrogens with one attached hydrogen (secondary N) is 1. The lowest BCUT2D eigenvalue weighted by Crippen LogP contribution is -2.28. The van der Waals surface area contributed by atoms with E-state index in [-0.39, 0.29) is 0 Å². The first-order valence-electron chi connectivity index (χ1n) is 5.25. The molecule has 0 saturated carbocycles. The maximum absolute atomic E-state index is 10.9. The molecule has 1 unspecified atom stereocenters. The van der Waals surface area contributed by atoms with Crippen LogP contribution in [0.2, 0.25) is 0 Å².